The van der Waals surface area contributed by atoms with Crippen molar-refractivity contribution < 1.29 is 4.79 Å². The molecule has 1 atom stereocenters. The normalized spacial score (nSPS) is 12.7. The molecule has 3 heteroatoms. The smallest absolute Gasteiger partial charge is 0.219 e. The van der Waals surface area contributed by atoms with Gasteiger partial charge in [-0.3, -0.25) is 4.79 Å². The van der Waals surface area contributed by atoms with Crippen LogP contribution in [0.5, 0.6) is 0 Å². The molecule has 72 valence electrons. The van der Waals surface area contributed by atoms with Gasteiger partial charge in [0.05, 0.1) is 0 Å². The van der Waals surface area contributed by atoms with Crippen molar-refractivity contribution in [2.75, 3.05) is 20.6 Å². The molecule has 0 fully saturated rings. The standard InChI is InChI=1S/C9H20N2O/c1-5-6-9(10-3)7-11(4)8(2)12/h9-10H,5-7H2,1-4H3. The van der Waals surface area contributed by atoms with E-state index in [4.69, 9.17) is 0 Å². The van der Waals surface area contributed by atoms with Crippen LogP contribution < -0.4 is 5.32 Å². The summed E-state index contributed by atoms with van der Waals surface area (Å²) in [7, 11) is 3.77. The monoisotopic (exact) mass is 172 g/mol. The Labute approximate surface area is 75.1 Å². The number of rotatable bonds is 5. The van der Waals surface area contributed by atoms with Gasteiger partial charge in [0, 0.05) is 26.6 Å². The molecule has 0 rings (SSSR count). The van der Waals surface area contributed by atoms with Gasteiger partial charge in [0.15, 0.2) is 0 Å². The third kappa shape index (κ3) is 4.34. The lowest BCUT2D eigenvalue weighted by Crippen LogP contribution is -2.39. The molecular formula is C9H20N2O. The molecule has 1 N–H and O–H groups in total. The third-order valence-corrected chi connectivity index (χ3v) is 2.08. The molecule has 0 aliphatic heterocycles. The first-order valence-corrected chi connectivity index (χ1v) is 4.50. The molecule has 1 amide bonds. The van der Waals surface area contributed by atoms with Crippen molar-refractivity contribution in [3.63, 3.8) is 0 Å². The lowest BCUT2D eigenvalue weighted by atomic mass is 10.1. The van der Waals surface area contributed by atoms with Gasteiger partial charge in [-0.05, 0) is 13.5 Å². The largest absolute Gasteiger partial charge is 0.344 e. The molecule has 1 unspecified atom stereocenters. The lowest BCUT2D eigenvalue weighted by Gasteiger charge is -2.22. The Hall–Kier alpha value is -0.570. The molecule has 12 heavy (non-hydrogen) atoms. The van der Waals surface area contributed by atoms with Crippen LogP contribution >= 0.6 is 0 Å². The first-order chi connectivity index (χ1) is 5.61. The maximum Gasteiger partial charge on any atom is 0.219 e. The molecule has 0 saturated heterocycles. The maximum absolute atomic E-state index is 10.9. The van der Waals surface area contributed by atoms with Crippen molar-refractivity contribution in [2.24, 2.45) is 0 Å². The highest BCUT2D eigenvalue weighted by atomic mass is 16.2. The van der Waals surface area contributed by atoms with Crippen LogP contribution in [0.3, 0.4) is 0 Å². The van der Waals surface area contributed by atoms with Crippen molar-refractivity contribution in [3.8, 4) is 0 Å². The van der Waals surface area contributed by atoms with Crippen molar-refractivity contribution in [1.82, 2.24) is 10.2 Å². The van der Waals surface area contributed by atoms with Gasteiger partial charge < -0.3 is 10.2 Å². The Kier molecular flexibility index (Phi) is 5.72. The highest BCUT2D eigenvalue weighted by Crippen LogP contribution is 1.98. The van der Waals surface area contributed by atoms with E-state index in [0.29, 0.717) is 6.04 Å². The van der Waals surface area contributed by atoms with Gasteiger partial charge in [-0.2, -0.15) is 0 Å². The summed E-state index contributed by atoms with van der Waals surface area (Å²) in [5, 5.41) is 3.19. The number of hydrogen-bond acceptors (Lipinski definition) is 2. The molecule has 0 spiro atoms. The molecule has 0 aromatic carbocycles. The number of hydrogen-bond donors (Lipinski definition) is 1. The Morgan fingerprint density at radius 2 is 2.17 bits per heavy atom. The summed E-state index contributed by atoms with van der Waals surface area (Å²) in [4.78, 5) is 12.6. The van der Waals surface area contributed by atoms with E-state index in [1.165, 1.54) is 0 Å². The van der Waals surface area contributed by atoms with Gasteiger partial charge in [-0.15, -0.1) is 0 Å². The molecule has 0 aliphatic carbocycles. The van der Waals surface area contributed by atoms with E-state index < -0.39 is 0 Å². The van der Waals surface area contributed by atoms with E-state index in [-0.39, 0.29) is 5.91 Å². The van der Waals surface area contributed by atoms with Crippen LogP contribution in [-0.2, 0) is 4.79 Å². The van der Waals surface area contributed by atoms with Crippen LogP contribution in [0.15, 0.2) is 0 Å². The summed E-state index contributed by atoms with van der Waals surface area (Å²) in [6, 6.07) is 0.434. The van der Waals surface area contributed by atoms with Crippen LogP contribution in [0.2, 0.25) is 0 Å². The molecule has 0 saturated carbocycles. The SMILES string of the molecule is CCCC(CN(C)C(C)=O)NC. The molecule has 0 bridgehead atoms. The van der Waals surface area contributed by atoms with Gasteiger partial charge in [-0.25, -0.2) is 0 Å². The fourth-order valence-electron chi connectivity index (χ4n) is 1.13. The van der Waals surface area contributed by atoms with Gasteiger partial charge in [-0.1, -0.05) is 13.3 Å². The van der Waals surface area contributed by atoms with Gasteiger partial charge in [0.25, 0.3) is 0 Å². The van der Waals surface area contributed by atoms with Crippen LogP contribution in [0.4, 0.5) is 0 Å². The quantitative estimate of drug-likeness (QED) is 0.667. The second-order valence-electron chi connectivity index (χ2n) is 3.17. The van der Waals surface area contributed by atoms with Crippen LogP contribution in [0.1, 0.15) is 26.7 Å². The molecular weight excluding hydrogens is 152 g/mol. The van der Waals surface area contributed by atoms with Gasteiger partial charge in [0.1, 0.15) is 0 Å². The Morgan fingerprint density at radius 3 is 2.50 bits per heavy atom. The molecule has 3 nitrogen and oxygen atoms in total. The van der Waals surface area contributed by atoms with Crippen molar-refractivity contribution in [3.05, 3.63) is 0 Å². The Balaban J connectivity index is 3.76. The fraction of sp³-hybridized carbons (Fsp3) is 0.889. The highest BCUT2D eigenvalue weighted by molar-refractivity contribution is 5.72. The summed E-state index contributed by atoms with van der Waals surface area (Å²) in [6.45, 7) is 4.55. The molecule has 0 aromatic heterocycles. The number of likely N-dealkylation sites (N-methyl/N-ethyl adjacent to an activating group) is 2. The van der Waals surface area contributed by atoms with E-state index in [9.17, 15) is 4.79 Å². The van der Waals surface area contributed by atoms with Crippen molar-refractivity contribution >= 4 is 5.91 Å². The predicted molar refractivity (Wildman–Crippen MR) is 51.1 cm³/mol. The zero-order valence-electron chi connectivity index (χ0n) is 8.55. The van der Waals surface area contributed by atoms with E-state index in [1.54, 1.807) is 11.8 Å². The van der Waals surface area contributed by atoms with Crippen LogP contribution in [0.25, 0.3) is 0 Å². The zero-order valence-corrected chi connectivity index (χ0v) is 8.55. The minimum atomic E-state index is 0.131. The second-order valence-corrected chi connectivity index (χ2v) is 3.17. The van der Waals surface area contributed by atoms with E-state index in [1.807, 2.05) is 14.1 Å². The third-order valence-electron chi connectivity index (χ3n) is 2.08. The lowest BCUT2D eigenvalue weighted by molar-refractivity contribution is -0.127. The molecule has 0 aliphatic rings. The van der Waals surface area contributed by atoms with E-state index >= 15 is 0 Å². The number of nitrogens with one attached hydrogen (secondary N) is 1. The molecule has 0 heterocycles. The number of carbonyl (C=O) groups is 1. The minimum absolute atomic E-state index is 0.131. The van der Waals surface area contributed by atoms with E-state index in [2.05, 4.69) is 12.2 Å². The average Bonchev–Trinajstić information content (AvgIpc) is 2.03. The highest BCUT2D eigenvalue weighted by Gasteiger charge is 2.09. The summed E-state index contributed by atoms with van der Waals surface area (Å²) in [6.07, 6.45) is 2.27. The average molecular weight is 172 g/mol. The summed E-state index contributed by atoms with van der Waals surface area (Å²) in [5.74, 6) is 0.131. The first kappa shape index (κ1) is 11.4. The summed E-state index contributed by atoms with van der Waals surface area (Å²) < 4.78 is 0. The van der Waals surface area contributed by atoms with Crippen molar-refractivity contribution in [1.29, 1.82) is 0 Å². The number of carbonyl (C=O) groups excluding carboxylic acids is 1. The van der Waals surface area contributed by atoms with Gasteiger partial charge >= 0.3 is 0 Å². The fourth-order valence-corrected chi connectivity index (χ4v) is 1.13. The summed E-state index contributed by atoms with van der Waals surface area (Å²) in [5.41, 5.74) is 0. The topological polar surface area (TPSA) is 32.3 Å². The molecule has 0 radical (unpaired) electrons. The zero-order chi connectivity index (χ0) is 9.56. The van der Waals surface area contributed by atoms with E-state index in [0.717, 1.165) is 19.4 Å². The molecule has 0 aromatic rings. The Morgan fingerprint density at radius 1 is 1.58 bits per heavy atom. The van der Waals surface area contributed by atoms with Gasteiger partial charge in [0.2, 0.25) is 5.91 Å². The van der Waals surface area contributed by atoms with Crippen LogP contribution in [-0.4, -0.2) is 37.5 Å². The van der Waals surface area contributed by atoms with Crippen LogP contribution in [0, 0.1) is 0 Å². The van der Waals surface area contributed by atoms with Crippen molar-refractivity contribution in [2.45, 2.75) is 32.7 Å². The number of amides is 1. The summed E-state index contributed by atoms with van der Waals surface area (Å²) >= 11 is 0. The maximum atomic E-state index is 10.9. The second kappa shape index (κ2) is 6.00. The number of nitrogens with zero attached hydrogens (tertiary/aromatic N) is 1. The Bertz CT molecular complexity index is 136. The first-order valence-electron chi connectivity index (χ1n) is 4.50. The predicted octanol–water partition coefficient (Wildman–Crippen LogP) is 0.853. The minimum Gasteiger partial charge on any atom is -0.344 e.